The number of nitrogens with zero attached hydrogens (tertiary/aromatic N) is 1. The minimum atomic E-state index is -3.02. The normalized spacial score (nSPS) is 12.9. The van der Waals surface area contributed by atoms with Crippen LogP contribution in [-0.2, 0) is 6.16 Å². The van der Waals surface area contributed by atoms with Crippen LogP contribution in [0.3, 0.4) is 0 Å². The second-order valence-electron chi connectivity index (χ2n) is 6.80. The molecule has 0 radical (unpaired) electrons. The Morgan fingerprint density at radius 2 is 1.07 bits per heavy atom. The van der Waals surface area contributed by atoms with Gasteiger partial charge in [0.2, 0.25) is 0 Å². The van der Waals surface area contributed by atoms with Gasteiger partial charge in [-0.2, -0.15) is 0 Å². The molecule has 1 nitrogen and oxygen atoms in total. The van der Waals surface area contributed by atoms with Crippen LogP contribution in [0.25, 0.3) is 0 Å². The van der Waals surface area contributed by atoms with E-state index in [9.17, 15) is 0 Å². The van der Waals surface area contributed by atoms with Gasteiger partial charge in [-0.05, 0) is 0 Å². The zero-order valence-electron chi connectivity index (χ0n) is 15.2. The van der Waals surface area contributed by atoms with Crippen molar-refractivity contribution >= 4 is 48.3 Å². The third-order valence-corrected chi connectivity index (χ3v) is 15.0. The van der Waals surface area contributed by atoms with Gasteiger partial charge in [-0.25, -0.2) is 0 Å². The van der Waals surface area contributed by atoms with Crippen molar-refractivity contribution in [3.05, 3.63) is 120 Å². The van der Waals surface area contributed by atoms with Crippen molar-refractivity contribution in [2.75, 3.05) is 0 Å². The number of hydrogen-bond acceptors (Lipinski definition) is 1. The Balaban J connectivity index is 2.11. The van der Waals surface area contributed by atoms with Crippen molar-refractivity contribution in [2.24, 2.45) is 0 Å². The van der Waals surface area contributed by atoms with Gasteiger partial charge in [0.1, 0.15) is 0 Å². The summed E-state index contributed by atoms with van der Waals surface area (Å²) in [6, 6.07) is 36.2. The number of pyridine rings is 1. The molecular weight excluding hydrogens is 449 g/mol. The topological polar surface area (TPSA) is 12.9 Å². The fourth-order valence-corrected chi connectivity index (χ4v) is 11.7. The summed E-state index contributed by atoms with van der Waals surface area (Å²) in [5.74, 6) is 0. The zero-order chi connectivity index (χ0) is 19.5. The summed E-state index contributed by atoms with van der Waals surface area (Å²) in [5.41, 5.74) is 1.04. The fourth-order valence-electron chi connectivity index (χ4n) is 3.79. The molecule has 140 valence electrons. The molecule has 3 aromatic carbocycles. The maximum atomic E-state index is 6.54. The van der Waals surface area contributed by atoms with E-state index in [1.807, 2.05) is 6.07 Å². The monoisotopic (exact) mass is 467 g/mol. The molecule has 0 aliphatic carbocycles. The standard InChI is InChI=1S/C24H20BrClNP/c25-28(21-12-4-1-5-13-21,22-14-6-2-7-15-22,23-16-8-3-9-17-23)19-20-11-10-18-27-24(20)26/h1-18H,19H2. The quantitative estimate of drug-likeness (QED) is 0.256. The van der Waals surface area contributed by atoms with E-state index >= 15 is 0 Å². The van der Waals surface area contributed by atoms with Gasteiger partial charge in [0.25, 0.3) is 0 Å². The maximum absolute atomic E-state index is 6.54. The number of aromatic nitrogens is 1. The van der Waals surface area contributed by atoms with Crippen molar-refractivity contribution in [1.82, 2.24) is 4.98 Å². The Hall–Kier alpha value is -1.99. The van der Waals surface area contributed by atoms with Crippen LogP contribution in [0.2, 0.25) is 5.15 Å². The second kappa shape index (κ2) is 7.79. The Labute approximate surface area is 179 Å². The van der Waals surface area contributed by atoms with Gasteiger partial charge in [0.15, 0.2) is 0 Å². The van der Waals surface area contributed by atoms with E-state index in [-0.39, 0.29) is 0 Å². The first-order valence-corrected chi connectivity index (χ1v) is 13.9. The molecule has 0 atom stereocenters. The summed E-state index contributed by atoms with van der Waals surface area (Å²) in [6.45, 7) is 0. The van der Waals surface area contributed by atoms with E-state index < -0.39 is 5.31 Å². The van der Waals surface area contributed by atoms with E-state index in [1.54, 1.807) is 6.20 Å². The molecule has 0 spiro atoms. The number of hydrogen-bond donors (Lipinski definition) is 0. The number of halogens is 2. The van der Waals surface area contributed by atoms with Gasteiger partial charge in [0.05, 0.1) is 0 Å². The SMILES string of the molecule is Clc1ncccc1CP(Br)(c1ccccc1)(c1ccccc1)c1ccccc1. The Kier molecular flexibility index (Phi) is 5.38. The van der Waals surface area contributed by atoms with Crippen LogP contribution < -0.4 is 15.9 Å². The van der Waals surface area contributed by atoms with Crippen LogP contribution in [0.4, 0.5) is 0 Å². The molecule has 1 heterocycles. The molecule has 0 aliphatic heterocycles. The molecule has 0 N–H and O–H groups in total. The summed E-state index contributed by atoms with van der Waals surface area (Å²) in [4.78, 5) is 4.34. The Bertz CT molecular complexity index is 972. The first-order chi connectivity index (χ1) is 13.6. The third-order valence-electron chi connectivity index (χ3n) is 5.19. The van der Waals surface area contributed by atoms with Gasteiger partial charge in [-0.1, -0.05) is 0 Å². The molecule has 4 heteroatoms. The summed E-state index contributed by atoms with van der Waals surface area (Å²) in [7, 11) is 0. The molecule has 0 amide bonds. The minimum absolute atomic E-state index is 0.554. The summed E-state index contributed by atoms with van der Waals surface area (Å²) in [6.07, 6.45) is 2.49. The van der Waals surface area contributed by atoms with Crippen molar-refractivity contribution < 1.29 is 0 Å². The molecule has 28 heavy (non-hydrogen) atoms. The van der Waals surface area contributed by atoms with Crippen molar-refractivity contribution in [3.63, 3.8) is 0 Å². The first-order valence-electron chi connectivity index (χ1n) is 9.12. The van der Waals surface area contributed by atoms with E-state index in [4.69, 9.17) is 11.6 Å². The van der Waals surface area contributed by atoms with Crippen molar-refractivity contribution in [2.45, 2.75) is 6.16 Å². The van der Waals surface area contributed by atoms with Crippen LogP contribution in [0.1, 0.15) is 5.56 Å². The summed E-state index contributed by atoms with van der Waals surface area (Å²) < 4.78 is 0. The Morgan fingerprint density at radius 1 is 0.643 bits per heavy atom. The number of rotatable bonds is 5. The molecule has 4 aromatic rings. The van der Waals surface area contributed by atoms with Gasteiger partial charge >= 0.3 is 179 Å². The van der Waals surface area contributed by atoms with Crippen LogP contribution in [0.15, 0.2) is 109 Å². The summed E-state index contributed by atoms with van der Waals surface area (Å²) in [5, 5.41) is 1.34. The van der Waals surface area contributed by atoms with Gasteiger partial charge in [0, 0.05) is 0 Å². The molecule has 0 unspecified atom stereocenters. The van der Waals surface area contributed by atoms with E-state index in [1.165, 1.54) is 15.9 Å². The van der Waals surface area contributed by atoms with Crippen LogP contribution in [-0.4, -0.2) is 4.98 Å². The van der Waals surface area contributed by atoms with Gasteiger partial charge < -0.3 is 0 Å². The molecule has 0 fully saturated rings. The first kappa shape index (κ1) is 19.3. The molecule has 0 aliphatic rings. The average molecular weight is 469 g/mol. The molecule has 0 saturated carbocycles. The molecular formula is C24H20BrClNP. The Morgan fingerprint density at radius 3 is 1.46 bits per heavy atom. The van der Waals surface area contributed by atoms with E-state index in [0.717, 1.165) is 11.7 Å². The predicted octanol–water partition coefficient (Wildman–Crippen LogP) is 6.07. The van der Waals surface area contributed by atoms with E-state index in [0.29, 0.717) is 5.15 Å². The van der Waals surface area contributed by atoms with Crippen LogP contribution >= 0.6 is 32.4 Å². The van der Waals surface area contributed by atoms with Crippen molar-refractivity contribution in [1.29, 1.82) is 0 Å². The van der Waals surface area contributed by atoms with Gasteiger partial charge in [-0.3, -0.25) is 0 Å². The van der Waals surface area contributed by atoms with Crippen LogP contribution in [0, 0.1) is 0 Å². The third kappa shape index (κ3) is 3.20. The molecule has 1 aromatic heterocycles. The second-order valence-corrected chi connectivity index (χ2v) is 16.1. The average Bonchev–Trinajstić information content (AvgIpc) is 2.77. The molecule has 4 rings (SSSR count). The summed E-state index contributed by atoms with van der Waals surface area (Å²) >= 11 is 11.0. The van der Waals surface area contributed by atoms with Crippen molar-refractivity contribution in [3.8, 4) is 0 Å². The fraction of sp³-hybridized carbons (Fsp3) is 0.0417. The van der Waals surface area contributed by atoms with Gasteiger partial charge in [-0.15, -0.1) is 0 Å². The van der Waals surface area contributed by atoms with E-state index in [2.05, 4.69) is 118 Å². The predicted molar refractivity (Wildman–Crippen MR) is 127 cm³/mol. The molecule has 0 bridgehead atoms. The number of benzene rings is 3. The van der Waals surface area contributed by atoms with Crippen LogP contribution in [0.5, 0.6) is 0 Å². The zero-order valence-corrected chi connectivity index (χ0v) is 18.5. The molecule has 0 saturated heterocycles.